The van der Waals surface area contributed by atoms with Crippen molar-refractivity contribution in [2.24, 2.45) is 5.84 Å². The van der Waals surface area contributed by atoms with E-state index in [2.05, 4.69) is 19.2 Å². The second kappa shape index (κ2) is 5.05. The Balaban J connectivity index is 1.68. The van der Waals surface area contributed by atoms with E-state index in [-0.39, 0.29) is 6.42 Å². The van der Waals surface area contributed by atoms with Crippen LogP contribution in [0.25, 0.3) is 0 Å². The maximum atomic E-state index is 13.4. The van der Waals surface area contributed by atoms with Crippen molar-refractivity contribution in [2.75, 3.05) is 17.3 Å². The number of nitrogens with one attached hydrogen (secondary N) is 1. The van der Waals surface area contributed by atoms with Gasteiger partial charge in [-0.3, -0.25) is 9.59 Å². The number of hydrazine groups is 1. The first kappa shape index (κ1) is 17.1. The van der Waals surface area contributed by atoms with Crippen LogP contribution >= 0.6 is 0 Å². The zero-order valence-corrected chi connectivity index (χ0v) is 16.0. The molecule has 3 aliphatic heterocycles. The van der Waals surface area contributed by atoms with Crippen molar-refractivity contribution in [1.82, 2.24) is 5.01 Å². The van der Waals surface area contributed by atoms with Crippen molar-refractivity contribution >= 4 is 23.2 Å². The summed E-state index contributed by atoms with van der Waals surface area (Å²) in [6.07, 6.45) is 0.119. The predicted molar refractivity (Wildman–Crippen MR) is 105 cm³/mol. The summed E-state index contributed by atoms with van der Waals surface area (Å²) in [5, 5.41) is 4.04. The average molecular weight is 378 g/mol. The van der Waals surface area contributed by atoms with E-state index in [0.29, 0.717) is 11.4 Å². The third-order valence-corrected chi connectivity index (χ3v) is 6.74. The van der Waals surface area contributed by atoms with Crippen LogP contribution < -0.4 is 20.8 Å². The first-order valence-electron chi connectivity index (χ1n) is 9.28. The number of hydrogen-bond donors (Lipinski definition) is 2. The predicted octanol–water partition coefficient (Wildman–Crippen LogP) is 1.99. The third-order valence-electron chi connectivity index (χ3n) is 6.74. The van der Waals surface area contributed by atoms with Gasteiger partial charge >= 0.3 is 0 Å². The van der Waals surface area contributed by atoms with E-state index >= 15 is 0 Å². The van der Waals surface area contributed by atoms with Crippen LogP contribution in [-0.2, 0) is 15.0 Å². The molecule has 28 heavy (non-hydrogen) atoms. The van der Waals surface area contributed by atoms with Gasteiger partial charge in [-0.25, -0.2) is 10.9 Å². The molecule has 0 radical (unpaired) electrons. The monoisotopic (exact) mass is 378 g/mol. The summed E-state index contributed by atoms with van der Waals surface area (Å²) in [5.74, 6) is 5.89. The number of hydrogen-bond acceptors (Lipinski definition) is 5. The second-order valence-electron chi connectivity index (χ2n) is 8.25. The molecule has 2 spiro atoms. The van der Waals surface area contributed by atoms with Crippen molar-refractivity contribution in [1.29, 1.82) is 0 Å². The number of benzene rings is 2. The van der Waals surface area contributed by atoms with E-state index in [1.54, 1.807) is 24.3 Å². The Morgan fingerprint density at radius 3 is 2.50 bits per heavy atom. The molecule has 3 heterocycles. The van der Waals surface area contributed by atoms with Crippen molar-refractivity contribution in [3.05, 3.63) is 54.1 Å². The number of amides is 2. The van der Waals surface area contributed by atoms with E-state index < -0.39 is 28.5 Å². The van der Waals surface area contributed by atoms with Crippen LogP contribution in [0, 0.1) is 0 Å². The molecule has 3 N–H and O–H groups in total. The highest BCUT2D eigenvalue weighted by Crippen LogP contribution is 2.58. The van der Waals surface area contributed by atoms with Gasteiger partial charge in [0.05, 0.1) is 12.1 Å². The number of rotatable bonds is 0. The van der Waals surface area contributed by atoms with Crippen LogP contribution in [0.3, 0.4) is 0 Å². The molecule has 3 aliphatic rings. The highest BCUT2D eigenvalue weighted by atomic mass is 16.5. The lowest BCUT2D eigenvalue weighted by Crippen LogP contribution is -2.65. The molecule has 0 aliphatic carbocycles. The van der Waals surface area contributed by atoms with Gasteiger partial charge in [0.25, 0.3) is 17.4 Å². The quantitative estimate of drug-likeness (QED) is 0.416. The third kappa shape index (κ3) is 1.69. The summed E-state index contributed by atoms with van der Waals surface area (Å²) in [7, 11) is 1.91. The van der Waals surface area contributed by atoms with E-state index in [9.17, 15) is 9.59 Å². The number of fused-ring (bicyclic) bond motifs is 2. The average Bonchev–Trinajstić information content (AvgIpc) is 3.01. The number of para-hydroxylation sites is 3. The summed E-state index contributed by atoms with van der Waals surface area (Å²) in [6, 6.07) is 15.1. The lowest BCUT2D eigenvalue weighted by molar-refractivity contribution is -0.150. The molecular weight excluding hydrogens is 356 g/mol. The van der Waals surface area contributed by atoms with Crippen LogP contribution in [0.15, 0.2) is 48.5 Å². The zero-order valence-electron chi connectivity index (χ0n) is 16.0. The number of nitrogens with two attached hydrogens (primary N) is 1. The normalized spacial score (nSPS) is 29.7. The van der Waals surface area contributed by atoms with Crippen LogP contribution in [-0.4, -0.2) is 35.1 Å². The van der Waals surface area contributed by atoms with Gasteiger partial charge in [-0.2, -0.15) is 0 Å². The topological polar surface area (TPSA) is 87.9 Å². The second-order valence-corrected chi connectivity index (χ2v) is 8.25. The Labute approximate surface area is 163 Å². The minimum absolute atomic E-state index is 0.119. The number of anilines is 2. The van der Waals surface area contributed by atoms with Crippen molar-refractivity contribution in [3.63, 3.8) is 0 Å². The molecule has 5 rings (SSSR count). The van der Waals surface area contributed by atoms with Crippen molar-refractivity contribution < 1.29 is 14.3 Å². The summed E-state index contributed by atoms with van der Waals surface area (Å²) >= 11 is 0. The van der Waals surface area contributed by atoms with Crippen LogP contribution in [0.4, 0.5) is 11.4 Å². The van der Waals surface area contributed by atoms with E-state index in [4.69, 9.17) is 10.6 Å². The molecule has 0 saturated carbocycles. The van der Waals surface area contributed by atoms with Gasteiger partial charge in [0.1, 0.15) is 11.4 Å². The molecule has 7 nitrogen and oxygen atoms in total. The van der Waals surface area contributed by atoms with Crippen molar-refractivity contribution in [2.45, 2.75) is 36.9 Å². The first-order chi connectivity index (χ1) is 13.3. The molecule has 2 atom stereocenters. The van der Waals surface area contributed by atoms with Gasteiger partial charge in [0.15, 0.2) is 0 Å². The molecule has 2 unspecified atom stereocenters. The number of carbonyl (C=O) groups excluding carboxylic acids is 2. The van der Waals surface area contributed by atoms with Gasteiger partial charge < -0.3 is 15.0 Å². The Morgan fingerprint density at radius 1 is 1.07 bits per heavy atom. The van der Waals surface area contributed by atoms with Gasteiger partial charge in [0, 0.05) is 18.2 Å². The summed E-state index contributed by atoms with van der Waals surface area (Å²) in [4.78, 5) is 28.6. The van der Waals surface area contributed by atoms with Gasteiger partial charge in [-0.1, -0.05) is 44.2 Å². The minimum Gasteiger partial charge on any atom is -0.465 e. The SMILES string of the molecule is CN1c2ccccc2C(C)(C)C12CC1(Oc3ccccc3NC1=O)C(=O)N2N. The zero-order chi connectivity index (χ0) is 19.9. The fourth-order valence-corrected chi connectivity index (χ4v) is 5.17. The van der Waals surface area contributed by atoms with Gasteiger partial charge in [-0.15, -0.1) is 0 Å². The molecule has 2 aromatic rings. The summed E-state index contributed by atoms with van der Waals surface area (Å²) < 4.78 is 6.09. The lowest BCUT2D eigenvalue weighted by atomic mass is 9.73. The Bertz CT molecular complexity index is 1040. The van der Waals surface area contributed by atoms with Crippen molar-refractivity contribution in [3.8, 4) is 5.75 Å². The maximum absolute atomic E-state index is 13.4. The fourth-order valence-electron chi connectivity index (χ4n) is 5.17. The molecule has 2 aromatic carbocycles. The number of likely N-dealkylation sites (N-methyl/N-ethyl adjacent to an activating group) is 1. The molecule has 2 amide bonds. The van der Waals surface area contributed by atoms with Crippen LogP contribution in [0.5, 0.6) is 5.75 Å². The molecule has 1 saturated heterocycles. The summed E-state index contributed by atoms with van der Waals surface area (Å²) in [6.45, 7) is 4.10. The molecular formula is C21H22N4O3. The standard InChI is InChI=1S/C21H22N4O3/c1-19(2)13-8-4-6-10-15(13)24(3)21(19)12-20(18(27)25(21)22)17(26)23-14-9-5-7-11-16(14)28-20/h4-11H,12,22H2,1-3H3,(H,23,26). The smallest absolute Gasteiger partial charge is 0.292 e. The minimum atomic E-state index is -1.70. The Kier molecular flexibility index (Phi) is 3.08. The van der Waals surface area contributed by atoms with Gasteiger partial charge in [0.2, 0.25) is 0 Å². The molecule has 0 bridgehead atoms. The first-order valence-corrected chi connectivity index (χ1v) is 9.28. The van der Waals surface area contributed by atoms with Crippen LogP contribution in [0.1, 0.15) is 25.8 Å². The van der Waals surface area contributed by atoms with E-state index in [0.717, 1.165) is 11.3 Å². The van der Waals surface area contributed by atoms with E-state index in [1.165, 1.54) is 5.01 Å². The number of nitrogens with zero attached hydrogens (tertiary/aromatic N) is 2. The molecule has 1 fully saturated rings. The highest BCUT2D eigenvalue weighted by molar-refractivity contribution is 6.17. The van der Waals surface area contributed by atoms with Gasteiger partial charge in [-0.05, 0) is 23.8 Å². The fraction of sp³-hybridized carbons (Fsp3) is 0.333. The summed E-state index contributed by atoms with van der Waals surface area (Å²) in [5.41, 5.74) is -0.530. The molecule has 0 aromatic heterocycles. The van der Waals surface area contributed by atoms with E-state index in [1.807, 2.05) is 36.2 Å². The lowest BCUT2D eigenvalue weighted by Gasteiger charge is -2.47. The number of carbonyl (C=O) groups is 2. The maximum Gasteiger partial charge on any atom is 0.292 e. The Morgan fingerprint density at radius 2 is 1.75 bits per heavy atom. The molecule has 7 heteroatoms. The number of ether oxygens (including phenoxy) is 1. The van der Waals surface area contributed by atoms with Crippen LogP contribution in [0.2, 0.25) is 0 Å². The largest absolute Gasteiger partial charge is 0.465 e. The Hall–Kier alpha value is -3.06. The molecule has 144 valence electrons. The highest BCUT2D eigenvalue weighted by Gasteiger charge is 2.74.